The fourth-order valence-corrected chi connectivity index (χ4v) is 2.85. The molecular weight excluding hydrogens is 332 g/mol. The predicted molar refractivity (Wildman–Crippen MR) is 100 cm³/mol. The summed E-state index contributed by atoms with van der Waals surface area (Å²) in [5.41, 5.74) is 2.08. The maximum Gasteiger partial charge on any atom is 0.319 e. The average Bonchev–Trinajstić information content (AvgIpc) is 2.97. The van der Waals surface area contributed by atoms with E-state index < -0.39 is 0 Å². The van der Waals surface area contributed by atoms with Crippen molar-refractivity contribution in [1.82, 2.24) is 5.32 Å². The summed E-state index contributed by atoms with van der Waals surface area (Å²) in [4.78, 5) is 37.0. The molecule has 1 heterocycles. The van der Waals surface area contributed by atoms with Gasteiger partial charge in [-0.05, 0) is 36.4 Å². The van der Waals surface area contributed by atoms with Crippen molar-refractivity contribution in [2.24, 2.45) is 0 Å². The minimum absolute atomic E-state index is 0.0128. The first-order chi connectivity index (χ1) is 12.5. The van der Waals surface area contributed by atoms with Crippen molar-refractivity contribution in [2.75, 3.05) is 22.1 Å². The Morgan fingerprint density at radius 2 is 1.58 bits per heavy atom. The third-order valence-electron chi connectivity index (χ3n) is 3.99. The average molecular weight is 352 g/mol. The van der Waals surface area contributed by atoms with E-state index in [4.69, 9.17) is 0 Å². The standard InChI is InChI=1S/C19H20N4O3/c1-13(24)20-14-7-9-15(10-8-14)21-19(26)22-16-11-18(25)23(12-16)17-5-3-2-4-6-17/h2-10,16H,11-12H2,1H3,(H,20,24)(H2,21,22,26)/t16-/m1/s1. The normalized spacial score (nSPS) is 16.3. The molecule has 26 heavy (non-hydrogen) atoms. The number of benzene rings is 2. The van der Waals surface area contributed by atoms with Crippen molar-refractivity contribution in [3.05, 3.63) is 54.6 Å². The van der Waals surface area contributed by atoms with Crippen LogP contribution in [0.1, 0.15) is 13.3 Å². The number of anilines is 3. The van der Waals surface area contributed by atoms with Crippen LogP contribution in [0.3, 0.4) is 0 Å². The quantitative estimate of drug-likeness (QED) is 0.790. The Labute approximate surface area is 151 Å². The zero-order valence-electron chi connectivity index (χ0n) is 14.4. The Hall–Kier alpha value is -3.35. The van der Waals surface area contributed by atoms with Crippen molar-refractivity contribution >= 4 is 34.9 Å². The highest BCUT2D eigenvalue weighted by Gasteiger charge is 2.31. The van der Waals surface area contributed by atoms with Gasteiger partial charge in [-0.2, -0.15) is 0 Å². The fraction of sp³-hybridized carbons (Fsp3) is 0.211. The third kappa shape index (κ3) is 4.38. The van der Waals surface area contributed by atoms with Gasteiger partial charge in [0.1, 0.15) is 0 Å². The van der Waals surface area contributed by atoms with E-state index in [1.165, 1.54) is 6.92 Å². The number of amides is 4. The first-order valence-corrected chi connectivity index (χ1v) is 8.32. The van der Waals surface area contributed by atoms with Gasteiger partial charge in [-0.1, -0.05) is 18.2 Å². The molecule has 1 aliphatic rings. The molecule has 3 N–H and O–H groups in total. The Morgan fingerprint density at radius 3 is 2.19 bits per heavy atom. The summed E-state index contributed by atoms with van der Waals surface area (Å²) in [5.74, 6) is -0.168. The van der Waals surface area contributed by atoms with E-state index in [1.807, 2.05) is 30.3 Å². The number of hydrogen-bond donors (Lipinski definition) is 3. The van der Waals surface area contributed by atoms with Gasteiger partial charge in [0.25, 0.3) is 0 Å². The Bertz CT molecular complexity index is 805. The number of nitrogens with one attached hydrogen (secondary N) is 3. The smallest absolute Gasteiger partial charge is 0.319 e. The van der Waals surface area contributed by atoms with Gasteiger partial charge in [0, 0.05) is 37.0 Å². The molecule has 0 saturated carbocycles. The second-order valence-electron chi connectivity index (χ2n) is 6.10. The molecule has 1 aliphatic heterocycles. The van der Waals surface area contributed by atoms with Crippen molar-refractivity contribution in [3.63, 3.8) is 0 Å². The number of carbonyl (C=O) groups is 3. The zero-order valence-corrected chi connectivity index (χ0v) is 14.4. The third-order valence-corrected chi connectivity index (χ3v) is 3.99. The van der Waals surface area contributed by atoms with Crippen LogP contribution in [0.4, 0.5) is 21.9 Å². The molecule has 0 aromatic heterocycles. The number of para-hydroxylation sites is 1. The maximum absolute atomic E-state index is 12.2. The van der Waals surface area contributed by atoms with Crippen molar-refractivity contribution in [3.8, 4) is 0 Å². The zero-order chi connectivity index (χ0) is 18.5. The molecule has 2 aromatic carbocycles. The van der Waals surface area contributed by atoms with Crippen molar-refractivity contribution in [2.45, 2.75) is 19.4 Å². The largest absolute Gasteiger partial charge is 0.333 e. The molecule has 2 aromatic rings. The minimum Gasteiger partial charge on any atom is -0.333 e. The Morgan fingerprint density at radius 1 is 0.962 bits per heavy atom. The van der Waals surface area contributed by atoms with Gasteiger partial charge in [0.15, 0.2) is 0 Å². The highest BCUT2D eigenvalue weighted by molar-refractivity contribution is 5.97. The van der Waals surface area contributed by atoms with E-state index in [-0.39, 0.29) is 30.3 Å². The predicted octanol–water partition coefficient (Wildman–Crippen LogP) is 2.57. The van der Waals surface area contributed by atoms with Gasteiger partial charge in [-0.25, -0.2) is 4.79 Å². The first-order valence-electron chi connectivity index (χ1n) is 8.32. The van der Waals surface area contributed by atoms with E-state index in [9.17, 15) is 14.4 Å². The lowest BCUT2D eigenvalue weighted by atomic mass is 10.2. The van der Waals surface area contributed by atoms with E-state index >= 15 is 0 Å². The lowest BCUT2D eigenvalue weighted by Gasteiger charge is -2.17. The highest BCUT2D eigenvalue weighted by Crippen LogP contribution is 2.21. The van der Waals surface area contributed by atoms with Crippen LogP contribution in [0.2, 0.25) is 0 Å². The van der Waals surface area contributed by atoms with Gasteiger partial charge in [0.05, 0.1) is 6.04 Å². The highest BCUT2D eigenvalue weighted by atomic mass is 16.2. The van der Waals surface area contributed by atoms with Gasteiger partial charge in [-0.15, -0.1) is 0 Å². The second-order valence-corrected chi connectivity index (χ2v) is 6.10. The molecule has 7 heteroatoms. The molecule has 1 atom stereocenters. The van der Waals surface area contributed by atoms with E-state index in [0.717, 1.165) is 5.69 Å². The summed E-state index contributed by atoms with van der Waals surface area (Å²) in [5, 5.41) is 8.21. The van der Waals surface area contributed by atoms with Crippen LogP contribution in [0, 0.1) is 0 Å². The molecule has 0 aliphatic carbocycles. The lowest BCUT2D eigenvalue weighted by molar-refractivity contribution is -0.117. The summed E-state index contributed by atoms with van der Waals surface area (Å²) >= 11 is 0. The molecule has 0 spiro atoms. The molecule has 3 rings (SSSR count). The van der Waals surface area contributed by atoms with Crippen LogP contribution >= 0.6 is 0 Å². The molecule has 0 bridgehead atoms. The van der Waals surface area contributed by atoms with E-state index in [2.05, 4.69) is 16.0 Å². The molecule has 1 saturated heterocycles. The van der Waals surface area contributed by atoms with Crippen LogP contribution in [0.15, 0.2) is 54.6 Å². The molecule has 0 unspecified atom stereocenters. The molecule has 0 radical (unpaired) electrons. The topological polar surface area (TPSA) is 90.5 Å². The number of rotatable bonds is 4. The van der Waals surface area contributed by atoms with E-state index in [0.29, 0.717) is 17.9 Å². The number of urea groups is 1. The van der Waals surface area contributed by atoms with Crippen LogP contribution in [-0.2, 0) is 9.59 Å². The monoisotopic (exact) mass is 352 g/mol. The van der Waals surface area contributed by atoms with E-state index in [1.54, 1.807) is 29.2 Å². The van der Waals surface area contributed by atoms with Gasteiger partial charge in [-0.3, -0.25) is 9.59 Å². The lowest BCUT2D eigenvalue weighted by Crippen LogP contribution is -2.39. The van der Waals surface area contributed by atoms with Crippen LogP contribution in [0.5, 0.6) is 0 Å². The summed E-state index contributed by atoms with van der Waals surface area (Å²) in [6.07, 6.45) is 0.268. The van der Waals surface area contributed by atoms with Crippen LogP contribution < -0.4 is 20.9 Å². The van der Waals surface area contributed by atoms with Crippen molar-refractivity contribution in [1.29, 1.82) is 0 Å². The summed E-state index contributed by atoms with van der Waals surface area (Å²) in [6, 6.07) is 15.6. The van der Waals surface area contributed by atoms with Crippen LogP contribution in [-0.4, -0.2) is 30.4 Å². The molecule has 7 nitrogen and oxygen atoms in total. The summed E-state index contributed by atoms with van der Waals surface area (Å²) in [7, 11) is 0. The summed E-state index contributed by atoms with van der Waals surface area (Å²) < 4.78 is 0. The number of carbonyl (C=O) groups excluding carboxylic acids is 3. The minimum atomic E-state index is -0.370. The van der Waals surface area contributed by atoms with Gasteiger partial charge in [0.2, 0.25) is 11.8 Å². The number of nitrogens with zero attached hydrogens (tertiary/aromatic N) is 1. The second kappa shape index (κ2) is 7.69. The summed E-state index contributed by atoms with van der Waals surface area (Å²) in [6.45, 7) is 1.87. The SMILES string of the molecule is CC(=O)Nc1ccc(NC(=O)N[C@@H]2CC(=O)N(c3ccccc3)C2)cc1. The van der Waals surface area contributed by atoms with Crippen molar-refractivity contribution < 1.29 is 14.4 Å². The first kappa shape index (κ1) is 17.5. The molecule has 1 fully saturated rings. The maximum atomic E-state index is 12.2. The van der Waals surface area contributed by atoms with Gasteiger partial charge >= 0.3 is 6.03 Å². The Balaban J connectivity index is 1.54. The van der Waals surface area contributed by atoms with Gasteiger partial charge < -0.3 is 20.9 Å². The number of hydrogen-bond acceptors (Lipinski definition) is 3. The Kier molecular flexibility index (Phi) is 5.17. The van der Waals surface area contributed by atoms with Crippen LogP contribution in [0.25, 0.3) is 0 Å². The molecular formula is C19H20N4O3. The molecule has 4 amide bonds. The molecule has 134 valence electrons. The fourth-order valence-electron chi connectivity index (χ4n) is 2.85.